The van der Waals surface area contributed by atoms with Gasteiger partial charge in [-0.25, -0.2) is 13.1 Å². The molecule has 1 aromatic rings. The summed E-state index contributed by atoms with van der Waals surface area (Å²) in [7, 11) is -0.197. The number of hydrogen-bond acceptors (Lipinski definition) is 4. The Morgan fingerprint density at radius 1 is 1.30 bits per heavy atom. The van der Waals surface area contributed by atoms with E-state index < -0.39 is 10.0 Å². The molecule has 1 N–H and O–H groups in total. The standard InChI is InChI=1S/C16H24N2O4S/c1-12-10-14(23(20,21)17-13-6-4-5-7-13)8-9-15(12)22-11-16(19)18(2)3/h8-10,13,17H,4-7,11H2,1-3H3. The van der Waals surface area contributed by atoms with E-state index in [1.54, 1.807) is 33.2 Å². The third-order valence-electron chi connectivity index (χ3n) is 3.98. The fourth-order valence-electron chi connectivity index (χ4n) is 2.55. The average Bonchev–Trinajstić information content (AvgIpc) is 2.97. The van der Waals surface area contributed by atoms with Gasteiger partial charge in [-0.3, -0.25) is 4.79 Å². The predicted molar refractivity (Wildman–Crippen MR) is 87.9 cm³/mol. The lowest BCUT2D eigenvalue weighted by Crippen LogP contribution is -2.32. The molecule has 1 aromatic carbocycles. The van der Waals surface area contributed by atoms with Gasteiger partial charge in [-0.2, -0.15) is 0 Å². The van der Waals surface area contributed by atoms with Crippen LogP contribution in [0.4, 0.5) is 0 Å². The fourth-order valence-corrected chi connectivity index (χ4v) is 3.94. The lowest BCUT2D eigenvalue weighted by Gasteiger charge is -2.15. The van der Waals surface area contributed by atoms with Gasteiger partial charge in [0, 0.05) is 20.1 Å². The summed E-state index contributed by atoms with van der Waals surface area (Å²) in [4.78, 5) is 13.2. The first-order chi connectivity index (χ1) is 10.8. The molecule has 0 bridgehead atoms. The second-order valence-corrected chi connectivity index (χ2v) is 7.82. The van der Waals surface area contributed by atoms with Crippen molar-refractivity contribution in [1.29, 1.82) is 0 Å². The summed E-state index contributed by atoms with van der Waals surface area (Å²) in [6, 6.07) is 4.72. The molecule has 1 saturated carbocycles. The van der Waals surface area contributed by atoms with Gasteiger partial charge in [0.05, 0.1) is 4.90 Å². The zero-order valence-electron chi connectivity index (χ0n) is 13.8. The van der Waals surface area contributed by atoms with E-state index in [2.05, 4.69) is 4.72 Å². The molecule has 1 aliphatic rings. The first kappa shape index (κ1) is 17.7. The zero-order chi connectivity index (χ0) is 17.0. The minimum Gasteiger partial charge on any atom is -0.483 e. The van der Waals surface area contributed by atoms with Crippen LogP contribution in [0.3, 0.4) is 0 Å². The van der Waals surface area contributed by atoms with Gasteiger partial charge in [-0.05, 0) is 43.5 Å². The van der Waals surface area contributed by atoms with Crippen LogP contribution in [0.5, 0.6) is 5.75 Å². The highest BCUT2D eigenvalue weighted by atomic mass is 32.2. The van der Waals surface area contributed by atoms with Crippen LogP contribution in [0.25, 0.3) is 0 Å². The molecule has 0 heterocycles. The number of rotatable bonds is 6. The average molecular weight is 340 g/mol. The third-order valence-corrected chi connectivity index (χ3v) is 5.50. The van der Waals surface area contributed by atoms with E-state index in [4.69, 9.17) is 4.74 Å². The minimum absolute atomic E-state index is 0.0361. The van der Waals surface area contributed by atoms with Crippen molar-refractivity contribution in [1.82, 2.24) is 9.62 Å². The number of sulfonamides is 1. The molecule has 7 heteroatoms. The highest BCUT2D eigenvalue weighted by molar-refractivity contribution is 7.89. The van der Waals surface area contributed by atoms with Gasteiger partial charge < -0.3 is 9.64 Å². The third kappa shape index (κ3) is 4.68. The first-order valence-corrected chi connectivity index (χ1v) is 9.24. The van der Waals surface area contributed by atoms with Crippen LogP contribution >= 0.6 is 0 Å². The second kappa shape index (κ2) is 7.31. The highest BCUT2D eigenvalue weighted by Gasteiger charge is 2.23. The van der Waals surface area contributed by atoms with Crippen LogP contribution in [0, 0.1) is 6.92 Å². The van der Waals surface area contributed by atoms with E-state index in [-0.39, 0.29) is 23.5 Å². The summed E-state index contributed by atoms with van der Waals surface area (Å²) in [5, 5.41) is 0. The van der Waals surface area contributed by atoms with Gasteiger partial charge in [0.1, 0.15) is 5.75 Å². The van der Waals surface area contributed by atoms with Crippen molar-refractivity contribution in [2.24, 2.45) is 0 Å². The lowest BCUT2D eigenvalue weighted by atomic mass is 10.2. The first-order valence-electron chi connectivity index (χ1n) is 7.75. The van der Waals surface area contributed by atoms with Gasteiger partial charge in [0.2, 0.25) is 10.0 Å². The molecule has 0 aromatic heterocycles. The van der Waals surface area contributed by atoms with Crippen molar-refractivity contribution in [3.8, 4) is 5.75 Å². The Labute approximate surface area is 137 Å². The summed E-state index contributed by atoms with van der Waals surface area (Å²) in [6.07, 6.45) is 3.93. The van der Waals surface area contributed by atoms with E-state index in [9.17, 15) is 13.2 Å². The number of amides is 1. The van der Waals surface area contributed by atoms with Crippen molar-refractivity contribution in [3.05, 3.63) is 23.8 Å². The summed E-state index contributed by atoms with van der Waals surface area (Å²) in [6.45, 7) is 1.70. The number of nitrogens with zero attached hydrogens (tertiary/aromatic N) is 1. The Morgan fingerprint density at radius 2 is 1.96 bits per heavy atom. The SMILES string of the molecule is Cc1cc(S(=O)(=O)NC2CCCC2)ccc1OCC(=O)N(C)C. The normalized spacial score (nSPS) is 15.6. The summed E-state index contributed by atoms with van der Waals surface area (Å²) >= 11 is 0. The molecule has 0 aliphatic heterocycles. The van der Waals surface area contributed by atoms with Crippen LogP contribution in [0.1, 0.15) is 31.2 Å². The largest absolute Gasteiger partial charge is 0.483 e. The van der Waals surface area contributed by atoms with Crippen LogP contribution in [-0.4, -0.2) is 46.0 Å². The Kier molecular flexibility index (Phi) is 5.64. The zero-order valence-corrected chi connectivity index (χ0v) is 14.6. The van der Waals surface area contributed by atoms with Crippen molar-refractivity contribution in [2.45, 2.75) is 43.5 Å². The Morgan fingerprint density at radius 3 is 2.52 bits per heavy atom. The van der Waals surface area contributed by atoms with Crippen molar-refractivity contribution in [2.75, 3.05) is 20.7 Å². The monoisotopic (exact) mass is 340 g/mol. The molecular formula is C16H24N2O4S. The number of carbonyl (C=O) groups is 1. The van der Waals surface area contributed by atoms with Crippen LogP contribution in [-0.2, 0) is 14.8 Å². The van der Waals surface area contributed by atoms with Gasteiger partial charge >= 0.3 is 0 Å². The number of carbonyl (C=O) groups excluding carboxylic acids is 1. The molecule has 1 aliphatic carbocycles. The minimum atomic E-state index is -3.51. The molecular weight excluding hydrogens is 316 g/mol. The number of ether oxygens (including phenoxy) is 1. The molecule has 6 nitrogen and oxygen atoms in total. The maximum absolute atomic E-state index is 12.4. The Bertz CT molecular complexity index is 665. The molecule has 0 unspecified atom stereocenters. The number of nitrogens with one attached hydrogen (secondary N) is 1. The summed E-state index contributed by atoms with van der Waals surface area (Å²) in [5.74, 6) is 0.365. The topological polar surface area (TPSA) is 75.7 Å². The van der Waals surface area contributed by atoms with Gasteiger partial charge in [0.15, 0.2) is 6.61 Å². The molecule has 0 spiro atoms. The van der Waals surface area contributed by atoms with Gasteiger partial charge in [-0.1, -0.05) is 12.8 Å². The molecule has 0 saturated heterocycles. The molecule has 23 heavy (non-hydrogen) atoms. The molecule has 128 valence electrons. The smallest absolute Gasteiger partial charge is 0.259 e. The number of likely N-dealkylation sites (N-methyl/N-ethyl adjacent to an activating group) is 1. The number of aryl methyl sites for hydroxylation is 1. The molecule has 1 amide bonds. The summed E-state index contributed by atoms with van der Waals surface area (Å²) < 4.78 is 33.0. The van der Waals surface area contributed by atoms with Crippen LogP contribution in [0.15, 0.2) is 23.1 Å². The van der Waals surface area contributed by atoms with Gasteiger partial charge in [0.25, 0.3) is 5.91 Å². The maximum Gasteiger partial charge on any atom is 0.259 e. The number of hydrogen-bond donors (Lipinski definition) is 1. The van der Waals surface area contributed by atoms with Crippen LogP contribution < -0.4 is 9.46 Å². The molecule has 0 atom stereocenters. The van der Waals surface area contributed by atoms with E-state index in [1.807, 2.05) is 0 Å². The van der Waals surface area contributed by atoms with Gasteiger partial charge in [-0.15, -0.1) is 0 Å². The molecule has 2 rings (SSSR count). The van der Waals surface area contributed by atoms with Crippen molar-refractivity contribution < 1.29 is 17.9 Å². The Hall–Kier alpha value is -1.60. The fraction of sp³-hybridized carbons (Fsp3) is 0.562. The van der Waals surface area contributed by atoms with Crippen molar-refractivity contribution >= 4 is 15.9 Å². The summed E-state index contributed by atoms with van der Waals surface area (Å²) in [5.41, 5.74) is 0.686. The van der Waals surface area contributed by atoms with E-state index in [1.165, 1.54) is 11.0 Å². The second-order valence-electron chi connectivity index (χ2n) is 6.11. The highest BCUT2D eigenvalue weighted by Crippen LogP contribution is 2.24. The lowest BCUT2D eigenvalue weighted by molar-refractivity contribution is -0.130. The van der Waals surface area contributed by atoms with Crippen LogP contribution in [0.2, 0.25) is 0 Å². The van der Waals surface area contributed by atoms with E-state index in [0.717, 1.165) is 25.7 Å². The predicted octanol–water partition coefficient (Wildman–Crippen LogP) is 1.68. The number of benzene rings is 1. The molecule has 0 radical (unpaired) electrons. The van der Waals surface area contributed by atoms with E-state index >= 15 is 0 Å². The van der Waals surface area contributed by atoms with Crippen molar-refractivity contribution in [3.63, 3.8) is 0 Å². The van der Waals surface area contributed by atoms with E-state index in [0.29, 0.717) is 11.3 Å². The quantitative estimate of drug-likeness (QED) is 0.855. The molecule has 1 fully saturated rings. The maximum atomic E-state index is 12.4. The Balaban J connectivity index is 2.07.